The molecular formula is C15H20N2O3. The van der Waals surface area contributed by atoms with Gasteiger partial charge in [0.25, 0.3) is 0 Å². The Labute approximate surface area is 118 Å². The molecule has 0 saturated carbocycles. The molecular weight excluding hydrogens is 256 g/mol. The van der Waals surface area contributed by atoms with Gasteiger partial charge in [0, 0.05) is 37.9 Å². The Morgan fingerprint density at radius 2 is 1.85 bits per heavy atom. The van der Waals surface area contributed by atoms with E-state index in [4.69, 9.17) is 4.74 Å². The van der Waals surface area contributed by atoms with Crippen LogP contribution in [0.1, 0.15) is 26.2 Å². The fourth-order valence-corrected chi connectivity index (χ4v) is 2.28. The summed E-state index contributed by atoms with van der Waals surface area (Å²) in [7, 11) is 0. The molecule has 5 heteroatoms. The van der Waals surface area contributed by atoms with Crippen molar-refractivity contribution in [3.8, 4) is 0 Å². The molecule has 1 unspecified atom stereocenters. The normalized spacial score (nSPS) is 18.4. The number of anilines is 2. The standard InChI is InChI=1S/C15H20N2O3/c1-11(18)16-13-4-6-14(7-5-13)17-15(19)9-12-3-2-8-20-10-12/h4-7,12H,2-3,8-10H2,1H3,(H,16,18)(H,17,19). The van der Waals surface area contributed by atoms with Gasteiger partial charge in [0.2, 0.25) is 11.8 Å². The Kier molecular flexibility index (Phi) is 5.12. The molecule has 1 atom stereocenters. The molecule has 1 aromatic carbocycles. The summed E-state index contributed by atoms with van der Waals surface area (Å²) in [6.07, 6.45) is 2.58. The van der Waals surface area contributed by atoms with Gasteiger partial charge in [-0.15, -0.1) is 0 Å². The van der Waals surface area contributed by atoms with E-state index in [0.717, 1.165) is 30.8 Å². The molecule has 5 nitrogen and oxygen atoms in total. The molecule has 1 fully saturated rings. The van der Waals surface area contributed by atoms with Crippen molar-refractivity contribution in [2.75, 3.05) is 23.8 Å². The van der Waals surface area contributed by atoms with Gasteiger partial charge in [-0.1, -0.05) is 0 Å². The number of rotatable bonds is 4. The molecule has 1 saturated heterocycles. The fourth-order valence-electron chi connectivity index (χ4n) is 2.28. The van der Waals surface area contributed by atoms with Gasteiger partial charge in [0.05, 0.1) is 0 Å². The predicted molar refractivity (Wildman–Crippen MR) is 77.5 cm³/mol. The Morgan fingerprint density at radius 1 is 1.20 bits per heavy atom. The minimum atomic E-state index is -0.112. The van der Waals surface area contributed by atoms with Crippen molar-refractivity contribution < 1.29 is 14.3 Å². The van der Waals surface area contributed by atoms with Crippen molar-refractivity contribution in [3.05, 3.63) is 24.3 Å². The predicted octanol–water partition coefficient (Wildman–Crippen LogP) is 2.40. The lowest BCUT2D eigenvalue weighted by molar-refractivity contribution is -0.118. The van der Waals surface area contributed by atoms with Crippen molar-refractivity contribution in [1.29, 1.82) is 0 Å². The summed E-state index contributed by atoms with van der Waals surface area (Å²) in [6.45, 7) is 2.94. The fraction of sp³-hybridized carbons (Fsp3) is 0.467. The van der Waals surface area contributed by atoms with E-state index in [1.54, 1.807) is 24.3 Å². The number of carbonyl (C=O) groups is 2. The van der Waals surface area contributed by atoms with Crippen LogP contribution in [0.15, 0.2) is 24.3 Å². The molecule has 2 amide bonds. The smallest absolute Gasteiger partial charge is 0.224 e. The second-order valence-corrected chi connectivity index (χ2v) is 5.09. The summed E-state index contributed by atoms with van der Waals surface area (Å²) in [5, 5.41) is 5.55. The zero-order valence-corrected chi connectivity index (χ0v) is 11.6. The number of amides is 2. The lowest BCUT2D eigenvalue weighted by Crippen LogP contribution is -2.23. The number of hydrogen-bond acceptors (Lipinski definition) is 3. The van der Waals surface area contributed by atoms with Crippen LogP contribution in [-0.2, 0) is 14.3 Å². The second kappa shape index (κ2) is 7.05. The van der Waals surface area contributed by atoms with Gasteiger partial charge in [-0.2, -0.15) is 0 Å². The largest absolute Gasteiger partial charge is 0.381 e. The molecule has 1 aromatic rings. The first-order valence-corrected chi connectivity index (χ1v) is 6.89. The summed E-state index contributed by atoms with van der Waals surface area (Å²) >= 11 is 0. The van der Waals surface area contributed by atoms with E-state index >= 15 is 0 Å². The van der Waals surface area contributed by atoms with E-state index in [1.807, 2.05) is 0 Å². The van der Waals surface area contributed by atoms with Crippen LogP contribution in [-0.4, -0.2) is 25.0 Å². The van der Waals surface area contributed by atoms with E-state index in [-0.39, 0.29) is 11.8 Å². The molecule has 0 bridgehead atoms. The van der Waals surface area contributed by atoms with Gasteiger partial charge in [0.15, 0.2) is 0 Å². The monoisotopic (exact) mass is 276 g/mol. The maximum absolute atomic E-state index is 11.9. The third-order valence-corrected chi connectivity index (χ3v) is 3.22. The van der Waals surface area contributed by atoms with Crippen LogP contribution in [0.4, 0.5) is 11.4 Å². The zero-order chi connectivity index (χ0) is 14.4. The molecule has 108 valence electrons. The number of nitrogens with one attached hydrogen (secondary N) is 2. The Hall–Kier alpha value is -1.88. The number of hydrogen-bond donors (Lipinski definition) is 2. The van der Waals surface area contributed by atoms with Gasteiger partial charge in [0.1, 0.15) is 0 Å². The van der Waals surface area contributed by atoms with Crippen molar-refractivity contribution >= 4 is 23.2 Å². The molecule has 1 heterocycles. The highest BCUT2D eigenvalue weighted by Gasteiger charge is 2.17. The van der Waals surface area contributed by atoms with Crippen LogP contribution in [0.3, 0.4) is 0 Å². The average Bonchev–Trinajstić information content (AvgIpc) is 2.41. The van der Waals surface area contributed by atoms with Gasteiger partial charge >= 0.3 is 0 Å². The van der Waals surface area contributed by atoms with Crippen LogP contribution in [0.2, 0.25) is 0 Å². The topological polar surface area (TPSA) is 67.4 Å². The molecule has 0 radical (unpaired) electrons. The highest BCUT2D eigenvalue weighted by molar-refractivity contribution is 5.92. The maximum Gasteiger partial charge on any atom is 0.224 e. The Balaban J connectivity index is 1.82. The lowest BCUT2D eigenvalue weighted by Gasteiger charge is -2.21. The van der Waals surface area contributed by atoms with Crippen LogP contribution in [0.25, 0.3) is 0 Å². The van der Waals surface area contributed by atoms with Crippen molar-refractivity contribution in [1.82, 2.24) is 0 Å². The maximum atomic E-state index is 11.9. The van der Waals surface area contributed by atoms with Crippen LogP contribution >= 0.6 is 0 Å². The number of carbonyl (C=O) groups excluding carboxylic acids is 2. The third-order valence-electron chi connectivity index (χ3n) is 3.22. The molecule has 1 aliphatic rings. The Bertz CT molecular complexity index is 465. The molecule has 0 aromatic heterocycles. The first-order valence-electron chi connectivity index (χ1n) is 6.89. The highest BCUT2D eigenvalue weighted by atomic mass is 16.5. The van der Waals surface area contributed by atoms with Crippen molar-refractivity contribution in [2.45, 2.75) is 26.2 Å². The van der Waals surface area contributed by atoms with Gasteiger partial charge < -0.3 is 15.4 Å². The lowest BCUT2D eigenvalue weighted by atomic mass is 9.98. The molecule has 0 aliphatic carbocycles. The van der Waals surface area contributed by atoms with Crippen LogP contribution in [0, 0.1) is 5.92 Å². The second-order valence-electron chi connectivity index (χ2n) is 5.09. The molecule has 2 rings (SSSR count). The van der Waals surface area contributed by atoms with E-state index in [9.17, 15) is 9.59 Å². The first-order chi connectivity index (χ1) is 9.63. The summed E-state index contributed by atoms with van der Waals surface area (Å²) in [6, 6.07) is 7.09. The number of ether oxygens (including phenoxy) is 1. The van der Waals surface area contributed by atoms with Crippen LogP contribution < -0.4 is 10.6 Å². The third kappa shape index (κ3) is 4.66. The van der Waals surface area contributed by atoms with Gasteiger partial charge in [-0.3, -0.25) is 9.59 Å². The SMILES string of the molecule is CC(=O)Nc1ccc(NC(=O)CC2CCCOC2)cc1. The summed E-state index contributed by atoms with van der Waals surface area (Å²) in [4.78, 5) is 22.8. The van der Waals surface area contributed by atoms with E-state index in [1.165, 1.54) is 6.92 Å². The number of benzene rings is 1. The van der Waals surface area contributed by atoms with E-state index in [0.29, 0.717) is 18.9 Å². The highest BCUT2D eigenvalue weighted by Crippen LogP contribution is 2.19. The molecule has 0 spiro atoms. The van der Waals surface area contributed by atoms with E-state index in [2.05, 4.69) is 10.6 Å². The quantitative estimate of drug-likeness (QED) is 0.887. The average molecular weight is 276 g/mol. The zero-order valence-electron chi connectivity index (χ0n) is 11.6. The van der Waals surface area contributed by atoms with Gasteiger partial charge in [-0.25, -0.2) is 0 Å². The van der Waals surface area contributed by atoms with Crippen molar-refractivity contribution in [3.63, 3.8) is 0 Å². The minimum absolute atomic E-state index is 0.00720. The summed E-state index contributed by atoms with van der Waals surface area (Å²) in [5.74, 6) is 0.217. The summed E-state index contributed by atoms with van der Waals surface area (Å²) < 4.78 is 5.37. The van der Waals surface area contributed by atoms with Crippen molar-refractivity contribution in [2.24, 2.45) is 5.92 Å². The van der Waals surface area contributed by atoms with Crippen LogP contribution in [0.5, 0.6) is 0 Å². The minimum Gasteiger partial charge on any atom is -0.381 e. The molecule has 2 N–H and O–H groups in total. The molecule has 20 heavy (non-hydrogen) atoms. The first kappa shape index (κ1) is 14.5. The van der Waals surface area contributed by atoms with E-state index < -0.39 is 0 Å². The Morgan fingerprint density at radius 3 is 2.40 bits per heavy atom. The summed E-state index contributed by atoms with van der Waals surface area (Å²) in [5.41, 5.74) is 1.46. The van der Waals surface area contributed by atoms with Gasteiger partial charge in [-0.05, 0) is 43.0 Å². The molecule has 1 aliphatic heterocycles.